The third-order valence-electron chi connectivity index (χ3n) is 3.75. The lowest BCUT2D eigenvalue weighted by Crippen LogP contribution is -2.32. The van der Waals surface area contributed by atoms with E-state index in [1.807, 2.05) is 0 Å². The molecule has 0 bridgehead atoms. The van der Waals surface area contributed by atoms with E-state index in [4.69, 9.17) is 25.8 Å². The molecule has 0 aliphatic carbocycles. The van der Waals surface area contributed by atoms with Crippen LogP contribution in [0, 0.1) is 0 Å². The Bertz CT molecular complexity index is 461. The minimum Gasteiger partial charge on any atom is -0.454 e. The molecule has 4 heteroatoms. The van der Waals surface area contributed by atoms with Gasteiger partial charge >= 0.3 is 0 Å². The quantitative estimate of drug-likeness (QED) is 0.788. The molecule has 2 aliphatic heterocycles. The van der Waals surface area contributed by atoms with Crippen molar-refractivity contribution in [1.29, 1.82) is 0 Å². The highest BCUT2D eigenvalue weighted by Gasteiger charge is 2.34. The van der Waals surface area contributed by atoms with Crippen LogP contribution in [0.5, 0.6) is 11.5 Å². The van der Waals surface area contributed by atoms with Crippen LogP contribution < -0.4 is 9.47 Å². The van der Waals surface area contributed by atoms with Crippen molar-refractivity contribution in [2.75, 3.05) is 19.3 Å². The number of fused-ring (bicyclic) bond motifs is 2. The molecule has 0 fully saturated rings. The first kappa shape index (κ1) is 12.1. The maximum atomic E-state index is 6.00. The Labute approximate surface area is 112 Å². The average Bonchev–Trinajstić information content (AvgIpc) is 2.82. The average molecular weight is 269 g/mol. The van der Waals surface area contributed by atoms with Gasteiger partial charge in [0, 0.05) is 5.88 Å². The number of benzene rings is 1. The van der Waals surface area contributed by atoms with Crippen molar-refractivity contribution < 1.29 is 14.2 Å². The van der Waals surface area contributed by atoms with Crippen molar-refractivity contribution >= 4 is 11.6 Å². The fourth-order valence-electron chi connectivity index (χ4n) is 2.76. The summed E-state index contributed by atoms with van der Waals surface area (Å²) in [4.78, 5) is 0. The number of halogens is 1. The van der Waals surface area contributed by atoms with E-state index in [0.717, 1.165) is 37.4 Å². The maximum absolute atomic E-state index is 6.00. The van der Waals surface area contributed by atoms with Gasteiger partial charge in [0.05, 0.1) is 12.2 Å². The van der Waals surface area contributed by atoms with E-state index < -0.39 is 0 Å². The minimum atomic E-state index is -0.247. The summed E-state index contributed by atoms with van der Waals surface area (Å²) in [6.07, 6.45) is 2.82. The lowest BCUT2D eigenvalue weighted by atomic mass is 9.84. The zero-order chi connectivity index (χ0) is 12.6. The molecule has 0 saturated heterocycles. The largest absolute Gasteiger partial charge is 0.454 e. The topological polar surface area (TPSA) is 27.7 Å². The van der Waals surface area contributed by atoms with Crippen LogP contribution >= 0.6 is 11.6 Å². The van der Waals surface area contributed by atoms with E-state index in [0.29, 0.717) is 12.7 Å². The monoisotopic (exact) mass is 268 g/mol. The van der Waals surface area contributed by atoms with Crippen LogP contribution in [0.15, 0.2) is 12.1 Å². The normalized spacial score (nSPS) is 25.0. The highest BCUT2D eigenvalue weighted by Crippen LogP contribution is 2.43. The molecule has 1 aromatic carbocycles. The summed E-state index contributed by atoms with van der Waals surface area (Å²) < 4.78 is 16.9. The molecule has 0 spiro atoms. The second-order valence-electron chi connectivity index (χ2n) is 4.98. The van der Waals surface area contributed by atoms with Gasteiger partial charge in [-0.1, -0.05) is 0 Å². The Morgan fingerprint density at radius 3 is 2.83 bits per heavy atom. The van der Waals surface area contributed by atoms with Gasteiger partial charge in [-0.05, 0) is 49.4 Å². The number of rotatable bonds is 3. The molecule has 1 atom stereocenters. The van der Waals surface area contributed by atoms with Crippen LogP contribution in [-0.2, 0) is 16.8 Å². The SMILES string of the molecule is CC1(CCCCl)OCCc2cc3c(cc21)OCO3. The summed E-state index contributed by atoms with van der Waals surface area (Å²) >= 11 is 5.80. The number of hydrogen-bond acceptors (Lipinski definition) is 3. The van der Waals surface area contributed by atoms with Crippen molar-refractivity contribution in [3.63, 3.8) is 0 Å². The molecule has 3 rings (SSSR count). The van der Waals surface area contributed by atoms with Gasteiger partial charge in [0.1, 0.15) is 0 Å². The number of ether oxygens (including phenoxy) is 3. The van der Waals surface area contributed by atoms with Gasteiger partial charge in [-0.3, -0.25) is 0 Å². The van der Waals surface area contributed by atoms with Crippen molar-refractivity contribution in [2.45, 2.75) is 31.8 Å². The Morgan fingerprint density at radius 2 is 2.06 bits per heavy atom. The lowest BCUT2D eigenvalue weighted by Gasteiger charge is -2.36. The van der Waals surface area contributed by atoms with Gasteiger partial charge in [0.2, 0.25) is 6.79 Å². The van der Waals surface area contributed by atoms with Crippen molar-refractivity contribution in [2.24, 2.45) is 0 Å². The summed E-state index contributed by atoms with van der Waals surface area (Å²) in [7, 11) is 0. The predicted octanol–water partition coefficient (Wildman–Crippen LogP) is 3.22. The summed E-state index contributed by atoms with van der Waals surface area (Å²) in [5.41, 5.74) is 2.29. The van der Waals surface area contributed by atoms with Crippen LogP contribution in [0.1, 0.15) is 30.9 Å². The van der Waals surface area contributed by atoms with Crippen LogP contribution in [-0.4, -0.2) is 19.3 Å². The van der Waals surface area contributed by atoms with Crippen LogP contribution in [0.3, 0.4) is 0 Å². The third-order valence-corrected chi connectivity index (χ3v) is 4.01. The highest BCUT2D eigenvalue weighted by molar-refractivity contribution is 6.17. The standard InChI is InChI=1S/C14H17ClO3/c1-14(4-2-5-15)11-8-13-12(16-9-17-13)7-10(11)3-6-18-14/h7-8H,2-6,9H2,1H3. The molecular weight excluding hydrogens is 252 g/mol. The second-order valence-corrected chi connectivity index (χ2v) is 5.36. The zero-order valence-corrected chi connectivity index (χ0v) is 11.3. The summed E-state index contributed by atoms with van der Waals surface area (Å²) in [6.45, 7) is 3.21. The third kappa shape index (κ3) is 1.95. The fourth-order valence-corrected chi connectivity index (χ4v) is 2.89. The molecule has 18 heavy (non-hydrogen) atoms. The fraction of sp³-hybridized carbons (Fsp3) is 0.571. The molecule has 0 saturated carbocycles. The van der Waals surface area contributed by atoms with E-state index in [9.17, 15) is 0 Å². The Hall–Kier alpha value is -0.930. The first-order valence-corrected chi connectivity index (χ1v) is 6.89. The Balaban J connectivity index is 1.99. The first-order valence-electron chi connectivity index (χ1n) is 6.36. The molecule has 0 N–H and O–H groups in total. The van der Waals surface area contributed by atoms with Crippen LogP contribution in [0.25, 0.3) is 0 Å². The summed E-state index contributed by atoms with van der Waals surface area (Å²) in [6, 6.07) is 4.17. The number of hydrogen-bond donors (Lipinski definition) is 0. The van der Waals surface area contributed by atoms with Crippen molar-refractivity contribution in [3.8, 4) is 11.5 Å². The molecule has 2 heterocycles. The Kier molecular flexibility index (Phi) is 3.12. The van der Waals surface area contributed by atoms with Gasteiger partial charge in [-0.25, -0.2) is 0 Å². The zero-order valence-electron chi connectivity index (χ0n) is 10.5. The lowest BCUT2D eigenvalue weighted by molar-refractivity contribution is -0.0526. The van der Waals surface area contributed by atoms with Crippen LogP contribution in [0.4, 0.5) is 0 Å². The Morgan fingerprint density at radius 1 is 1.28 bits per heavy atom. The van der Waals surface area contributed by atoms with Crippen molar-refractivity contribution in [1.82, 2.24) is 0 Å². The summed E-state index contributed by atoms with van der Waals surface area (Å²) in [5.74, 6) is 2.35. The molecule has 98 valence electrons. The minimum absolute atomic E-state index is 0.247. The molecule has 1 unspecified atom stereocenters. The molecule has 3 nitrogen and oxygen atoms in total. The smallest absolute Gasteiger partial charge is 0.231 e. The molecule has 0 amide bonds. The second kappa shape index (κ2) is 4.63. The van der Waals surface area contributed by atoms with Crippen molar-refractivity contribution in [3.05, 3.63) is 23.3 Å². The van der Waals surface area contributed by atoms with Gasteiger partial charge in [0.25, 0.3) is 0 Å². The number of alkyl halides is 1. The van der Waals surface area contributed by atoms with E-state index in [-0.39, 0.29) is 5.60 Å². The van der Waals surface area contributed by atoms with Gasteiger partial charge in [-0.15, -0.1) is 11.6 Å². The van der Waals surface area contributed by atoms with E-state index in [2.05, 4.69) is 19.1 Å². The molecule has 2 aliphatic rings. The highest BCUT2D eigenvalue weighted by atomic mass is 35.5. The van der Waals surface area contributed by atoms with Crippen LogP contribution in [0.2, 0.25) is 0 Å². The molecule has 0 radical (unpaired) electrons. The molecular formula is C14H17ClO3. The van der Waals surface area contributed by atoms with E-state index >= 15 is 0 Å². The predicted molar refractivity (Wildman–Crippen MR) is 69.5 cm³/mol. The summed E-state index contributed by atoms with van der Waals surface area (Å²) in [5, 5.41) is 0. The maximum Gasteiger partial charge on any atom is 0.231 e. The molecule has 1 aromatic rings. The van der Waals surface area contributed by atoms with E-state index in [1.54, 1.807) is 0 Å². The van der Waals surface area contributed by atoms with Gasteiger partial charge < -0.3 is 14.2 Å². The van der Waals surface area contributed by atoms with E-state index in [1.165, 1.54) is 11.1 Å². The molecule has 0 aromatic heterocycles. The van der Waals surface area contributed by atoms with Gasteiger partial charge in [-0.2, -0.15) is 0 Å². The first-order chi connectivity index (χ1) is 8.73. The van der Waals surface area contributed by atoms with Gasteiger partial charge in [0.15, 0.2) is 11.5 Å².